The molecule has 1 N–H and O–H groups in total. The number of pyridine rings is 2. The van der Waals surface area contributed by atoms with Crippen molar-refractivity contribution in [2.45, 2.75) is 6.04 Å². The molecule has 0 bridgehead atoms. The smallest absolute Gasteiger partial charge is 0.252 e. The number of fused-ring (bicyclic) bond motifs is 2. The number of carbonyl (C=O) groups excluding carboxylic acids is 1. The normalized spacial score (nSPS) is 12.0. The van der Waals surface area contributed by atoms with Gasteiger partial charge in [0.25, 0.3) is 5.91 Å². The van der Waals surface area contributed by atoms with Crippen LogP contribution in [0, 0.1) is 0 Å². The number of nitrogens with one attached hydrogen (secondary N) is 1. The van der Waals surface area contributed by atoms with Gasteiger partial charge in [0.05, 0.1) is 22.8 Å². The molecule has 3 aromatic heterocycles. The summed E-state index contributed by atoms with van der Waals surface area (Å²) in [4.78, 5) is 23.1. The van der Waals surface area contributed by atoms with Crippen LogP contribution in [0.5, 0.6) is 0 Å². The molecule has 0 saturated heterocycles. The van der Waals surface area contributed by atoms with Gasteiger partial charge >= 0.3 is 0 Å². The number of para-hydroxylation sites is 2. The number of rotatable bonds is 5. The summed E-state index contributed by atoms with van der Waals surface area (Å²) in [6.07, 6.45) is 1.74. The van der Waals surface area contributed by atoms with E-state index in [1.54, 1.807) is 12.3 Å². The molecule has 168 valence electrons. The van der Waals surface area contributed by atoms with E-state index >= 15 is 0 Å². The molecule has 3 heterocycles. The Kier molecular flexibility index (Phi) is 5.28. The molecule has 0 aliphatic rings. The van der Waals surface area contributed by atoms with Crippen LogP contribution in [-0.4, -0.2) is 15.9 Å². The first-order valence-electron chi connectivity index (χ1n) is 11.4. The molecule has 0 saturated carbocycles. The highest BCUT2D eigenvalue weighted by molar-refractivity contribution is 6.07. The van der Waals surface area contributed by atoms with Crippen LogP contribution in [0.3, 0.4) is 0 Å². The zero-order chi connectivity index (χ0) is 23.6. The Balaban J connectivity index is 1.45. The van der Waals surface area contributed by atoms with Crippen molar-refractivity contribution in [3.63, 3.8) is 0 Å². The Morgan fingerprint density at radius 2 is 1.57 bits per heavy atom. The van der Waals surface area contributed by atoms with E-state index in [-0.39, 0.29) is 5.91 Å². The Morgan fingerprint density at radius 1 is 0.800 bits per heavy atom. The van der Waals surface area contributed by atoms with E-state index in [1.807, 2.05) is 103 Å². The van der Waals surface area contributed by atoms with Gasteiger partial charge in [-0.2, -0.15) is 0 Å². The number of benzene rings is 3. The first kappa shape index (κ1) is 20.8. The maximum absolute atomic E-state index is 13.8. The van der Waals surface area contributed by atoms with Crippen molar-refractivity contribution in [2.75, 3.05) is 0 Å². The van der Waals surface area contributed by atoms with Crippen molar-refractivity contribution in [1.82, 2.24) is 15.3 Å². The van der Waals surface area contributed by atoms with E-state index in [1.165, 1.54) is 0 Å². The molecule has 0 spiro atoms. The second-order valence-electron chi connectivity index (χ2n) is 8.29. The zero-order valence-electron chi connectivity index (χ0n) is 18.8. The molecule has 0 radical (unpaired) electrons. The third kappa shape index (κ3) is 4.04. The number of hydrogen-bond donors (Lipinski definition) is 1. The summed E-state index contributed by atoms with van der Waals surface area (Å²) in [6.45, 7) is 0. The highest BCUT2D eigenvalue weighted by Gasteiger charge is 2.22. The van der Waals surface area contributed by atoms with E-state index in [0.29, 0.717) is 17.0 Å². The largest absolute Gasteiger partial charge is 0.454 e. The lowest BCUT2D eigenvalue weighted by molar-refractivity contribution is 0.0944. The van der Waals surface area contributed by atoms with Gasteiger partial charge in [0, 0.05) is 17.0 Å². The number of aromatic nitrogens is 2. The number of amides is 1. The lowest BCUT2D eigenvalue weighted by Crippen LogP contribution is -2.30. The van der Waals surface area contributed by atoms with Crippen molar-refractivity contribution in [1.29, 1.82) is 0 Å². The van der Waals surface area contributed by atoms with Crippen LogP contribution in [0.25, 0.3) is 33.3 Å². The minimum Gasteiger partial charge on any atom is -0.454 e. The maximum atomic E-state index is 13.8. The van der Waals surface area contributed by atoms with Gasteiger partial charge < -0.3 is 9.73 Å². The van der Waals surface area contributed by atoms with Gasteiger partial charge in [0.15, 0.2) is 5.76 Å². The van der Waals surface area contributed by atoms with Crippen molar-refractivity contribution < 1.29 is 9.21 Å². The molecular formula is C30H21N3O2. The van der Waals surface area contributed by atoms with Crippen LogP contribution in [0.1, 0.15) is 27.7 Å². The SMILES string of the molecule is O=C(NC(c1ccccc1)c1ccccn1)c1cc(-c2cc3ccccc3o2)nc2ccccc12. The van der Waals surface area contributed by atoms with E-state index in [2.05, 4.69) is 10.3 Å². The lowest BCUT2D eigenvalue weighted by Gasteiger charge is -2.19. The first-order chi connectivity index (χ1) is 17.3. The number of carbonyl (C=O) groups is 1. The Morgan fingerprint density at radius 3 is 2.40 bits per heavy atom. The fourth-order valence-electron chi connectivity index (χ4n) is 4.33. The zero-order valence-corrected chi connectivity index (χ0v) is 18.8. The average Bonchev–Trinajstić information content (AvgIpc) is 3.36. The van der Waals surface area contributed by atoms with Gasteiger partial charge in [-0.05, 0) is 42.0 Å². The van der Waals surface area contributed by atoms with E-state index in [0.717, 1.165) is 33.1 Å². The number of hydrogen-bond acceptors (Lipinski definition) is 4. The molecule has 6 aromatic rings. The van der Waals surface area contributed by atoms with E-state index < -0.39 is 6.04 Å². The first-order valence-corrected chi connectivity index (χ1v) is 11.4. The molecule has 35 heavy (non-hydrogen) atoms. The summed E-state index contributed by atoms with van der Waals surface area (Å²) in [7, 11) is 0. The van der Waals surface area contributed by atoms with Crippen molar-refractivity contribution >= 4 is 27.8 Å². The Bertz CT molecular complexity index is 1570. The summed E-state index contributed by atoms with van der Waals surface area (Å²) in [5, 5.41) is 4.97. The standard InChI is InChI=1S/C30H21N3O2/c34-30(33-29(20-10-2-1-3-11-20)25-15-8-9-17-31-25)23-19-26(32-24-14-6-5-13-22(23)24)28-18-21-12-4-7-16-27(21)35-28/h1-19,29H,(H,33,34). The predicted molar refractivity (Wildman–Crippen MR) is 137 cm³/mol. The van der Waals surface area contributed by atoms with Gasteiger partial charge in [-0.1, -0.05) is 72.8 Å². The minimum atomic E-state index is -0.397. The summed E-state index contributed by atoms with van der Waals surface area (Å²) in [6, 6.07) is 34.4. The third-order valence-corrected chi connectivity index (χ3v) is 6.03. The second-order valence-corrected chi connectivity index (χ2v) is 8.29. The average molecular weight is 456 g/mol. The van der Waals surface area contributed by atoms with Crippen molar-refractivity contribution in [2.24, 2.45) is 0 Å². The quantitative estimate of drug-likeness (QED) is 0.320. The summed E-state index contributed by atoms with van der Waals surface area (Å²) < 4.78 is 6.05. The Labute approximate surface area is 202 Å². The number of nitrogens with zero attached hydrogens (tertiary/aromatic N) is 2. The summed E-state index contributed by atoms with van der Waals surface area (Å²) >= 11 is 0. The fraction of sp³-hybridized carbons (Fsp3) is 0.0333. The molecule has 1 unspecified atom stereocenters. The molecule has 3 aromatic carbocycles. The third-order valence-electron chi connectivity index (χ3n) is 6.03. The highest BCUT2D eigenvalue weighted by atomic mass is 16.3. The lowest BCUT2D eigenvalue weighted by atomic mass is 10.0. The van der Waals surface area contributed by atoms with Crippen molar-refractivity contribution in [3.05, 3.63) is 132 Å². The van der Waals surface area contributed by atoms with Gasteiger partial charge in [0.2, 0.25) is 0 Å². The van der Waals surface area contributed by atoms with Crippen LogP contribution < -0.4 is 5.32 Å². The van der Waals surface area contributed by atoms with Crippen LogP contribution >= 0.6 is 0 Å². The highest BCUT2D eigenvalue weighted by Crippen LogP contribution is 2.30. The molecule has 1 atom stereocenters. The summed E-state index contributed by atoms with van der Waals surface area (Å²) in [5.74, 6) is 0.413. The van der Waals surface area contributed by atoms with Gasteiger partial charge in [0.1, 0.15) is 11.3 Å². The van der Waals surface area contributed by atoms with E-state index in [9.17, 15) is 4.79 Å². The van der Waals surface area contributed by atoms with Crippen LogP contribution in [0.4, 0.5) is 0 Å². The fourth-order valence-corrected chi connectivity index (χ4v) is 4.33. The molecule has 0 aliphatic carbocycles. The molecule has 0 fully saturated rings. The number of furan rings is 1. The van der Waals surface area contributed by atoms with Gasteiger partial charge in [-0.15, -0.1) is 0 Å². The van der Waals surface area contributed by atoms with Crippen molar-refractivity contribution in [3.8, 4) is 11.5 Å². The molecule has 1 amide bonds. The van der Waals surface area contributed by atoms with E-state index in [4.69, 9.17) is 9.40 Å². The molecule has 6 rings (SSSR count). The Hall–Kier alpha value is -4.77. The molecule has 5 nitrogen and oxygen atoms in total. The molecule has 0 aliphatic heterocycles. The molecular weight excluding hydrogens is 434 g/mol. The maximum Gasteiger partial charge on any atom is 0.252 e. The van der Waals surface area contributed by atoms with Crippen LogP contribution in [0.2, 0.25) is 0 Å². The monoisotopic (exact) mass is 455 g/mol. The van der Waals surface area contributed by atoms with Crippen LogP contribution in [-0.2, 0) is 0 Å². The molecule has 5 heteroatoms. The minimum absolute atomic E-state index is 0.208. The predicted octanol–water partition coefficient (Wildman–Crippen LogP) is 6.56. The van der Waals surface area contributed by atoms with Gasteiger partial charge in [-0.3, -0.25) is 9.78 Å². The second kappa shape index (κ2) is 8.88. The topological polar surface area (TPSA) is 68.0 Å². The van der Waals surface area contributed by atoms with Gasteiger partial charge in [-0.25, -0.2) is 4.98 Å². The summed E-state index contributed by atoms with van der Waals surface area (Å²) in [5.41, 5.74) is 4.37. The van der Waals surface area contributed by atoms with Crippen LogP contribution in [0.15, 0.2) is 120 Å².